The molecule has 4 rings (SSSR count). The molecule has 0 heterocycles. The monoisotopic (exact) mass is 416 g/mol. The maximum Gasteiger partial charge on any atom is 0.0543 e. The van der Waals surface area contributed by atoms with Gasteiger partial charge in [0.25, 0.3) is 0 Å². The SMILES string of the molecule is CCC(CCC(C)C1CCC2C3CC[C@H]4C[C@@H](O)CCC4(C)C3CCC12C)C(C)C. The van der Waals surface area contributed by atoms with E-state index in [9.17, 15) is 5.11 Å². The second kappa shape index (κ2) is 8.72. The Morgan fingerprint density at radius 1 is 0.833 bits per heavy atom. The Morgan fingerprint density at radius 3 is 2.23 bits per heavy atom. The van der Waals surface area contributed by atoms with Crippen LogP contribution in [0.25, 0.3) is 0 Å². The largest absolute Gasteiger partial charge is 0.393 e. The van der Waals surface area contributed by atoms with Crippen molar-refractivity contribution < 1.29 is 5.11 Å². The van der Waals surface area contributed by atoms with Crippen LogP contribution in [0.2, 0.25) is 0 Å². The van der Waals surface area contributed by atoms with Crippen LogP contribution >= 0.6 is 0 Å². The molecule has 4 aliphatic rings. The Balaban J connectivity index is 1.45. The summed E-state index contributed by atoms with van der Waals surface area (Å²) in [6.07, 6.45) is 16.5. The number of rotatable bonds is 6. The molecule has 10 atom stereocenters. The highest BCUT2D eigenvalue weighted by atomic mass is 16.3. The number of hydrogen-bond acceptors (Lipinski definition) is 1. The third-order valence-corrected chi connectivity index (χ3v) is 11.9. The van der Waals surface area contributed by atoms with Gasteiger partial charge in [-0.15, -0.1) is 0 Å². The van der Waals surface area contributed by atoms with Crippen molar-refractivity contribution in [3.63, 3.8) is 0 Å². The summed E-state index contributed by atoms with van der Waals surface area (Å²) in [7, 11) is 0. The van der Waals surface area contributed by atoms with Crippen molar-refractivity contribution >= 4 is 0 Å². The van der Waals surface area contributed by atoms with E-state index in [0.717, 1.165) is 60.2 Å². The molecule has 30 heavy (non-hydrogen) atoms. The molecular weight excluding hydrogens is 364 g/mol. The lowest BCUT2D eigenvalue weighted by Crippen LogP contribution is -2.54. The topological polar surface area (TPSA) is 20.2 Å². The molecule has 0 saturated heterocycles. The maximum atomic E-state index is 10.3. The van der Waals surface area contributed by atoms with Gasteiger partial charge in [0.1, 0.15) is 0 Å². The van der Waals surface area contributed by atoms with E-state index in [2.05, 4.69) is 41.5 Å². The molecule has 0 radical (unpaired) electrons. The Hall–Kier alpha value is -0.0400. The molecule has 0 amide bonds. The minimum Gasteiger partial charge on any atom is -0.393 e. The standard InChI is InChI=1S/C29H52O/c1-7-21(19(2)3)9-8-20(4)25-12-13-26-24-11-10-22-18-23(30)14-16-28(22,5)27(24)15-17-29(25,26)6/h19-27,30H,7-18H2,1-6H3/t20?,21?,22-,23-,24?,25?,26?,27?,28?,29?/m0/s1. The third kappa shape index (κ3) is 3.82. The molecule has 0 spiro atoms. The van der Waals surface area contributed by atoms with Crippen LogP contribution in [0.3, 0.4) is 0 Å². The van der Waals surface area contributed by atoms with Crippen molar-refractivity contribution in [2.45, 2.75) is 125 Å². The first-order valence-corrected chi connectivity index (χ1v) is 13.9. The van der Waals surface area contributed by atoms with Crippen molar-refractivity contribution in [3.8, 4) is 0 Å². The minimum atomic E-state index is -0.0111. The fourth-order valence-electron chi connectivity index (χ4n) is 9.90. The summed E-state index contributed by atoms with van der Waals surface area (Å²) in [5.41, 5.74) is 1.14. The van der Waals surface area contributed by atoms with Gasteiger partial charge in [-0.2, -0.15) is 0 Å². The van der Waals surface area contributed by atoms with Crippen LogP contribution in [0.15, 0.2) is 0 Å². The van der Waals surface area contributed by atoms with Crippen LogP contribution < -0.4 is 0 Å². The van der Waals surface area contributed by atoms with Crippen molar-refractivity contribution in [1.82, 2.24) is 0 Å². The van der Waals surface area contributed by atoms with Gasteiger partial charge in [0, 0.05) is 0 Å². The molecule has 0 aromatic rings. The maximum absolute atomic E-state index is 10.3. The summed E-state index contributed by atoms with van der Waals surface area (Å²) >= 11 is 0. The third-order valence-electron chi connectivity index (χ3n) is 11.9. The van der Waals surface area contributed by atoms with Gasteiger partial charge in [-0.25, -0.2) is 0 Å². The number of aliphatic hydroxyl groups is 1. The van der Waals surface area contributed by atoms with E-state index in [0.29, 0.717) is 10.8 Å². The van der Waals surface area contributed by atoms with Crippen LogP contribution in [0.4, 0.5) is 0 Å². The Bertz CT molecular complexity index is 583. The predicted octanol–water partition coefficient (Wildman–Crippen LogP) is 8.10. The van der Waals surface area contributed by atoms with Gasteiger partial charge in [-0.3, -0.25) is 0 Å². The molecule has 1 heteroatoms. The van der Waals surface area contributed by atoms with E-state index in [1.165, 1.54) is 64.2 Å². The summed E-state index contributed by atoms with van der Waals surface area (Å²) in [5, 5.41) is 10.3. The van der Waals surface area contributed by atoms with E-state index < -0.39 is 0 Å². The summed E-state index contributed by atoms with van der Waals surface area (Å²) in [6.45, 7) is 15.2. The molecule has 1 nitrogen and oxygen atoms in total. The van der Waals surface area contributed by atoms with Crippen LogP contribution in [-0.2, 0) is 0 Å². The van der Waals surface area contributed by atoms with E-state index in [1.807, 2.05) is 0 Å². The highest BCUT2D eigenvalue weighted by Gasteiger charge is 2.60. The fourth-order valence-corrected chi connectivity index (χ4v) is 9.90. The van der Waals surface area contributed by atoms with E-state index in [4.69, 9.17) is 0 Å². The van der Waals surface area contributed by atoms with Gasteiger partial charge in [0.2, 0.25) is 0 Å². The van der Waals surface area contributed by atoms with Crippen molar-refractivity contribution in [1.29, 1.82) is 0 Å². The average Bonchev–Trinajstić information content (AvgIpc) is 3.06. The Morgan fingerprint density at radius 2 is 1.53 bits per heavy atom. The van der Waals surface area contributed by atoms with E-state index in [-0.39, 0.29) is 6.10 Å². The lowest BCUT2D eigenvalue weighted by atomic mass is 9.44. The molecule has 0 aromatic carbocycles. The van der Waals surface area contributed by atoms with Gasteiger partial charge in [-0.1, -0.05) is 54.4 Å². The van der Waals surface area contributed by atoms with Crippen molar-refractivity contribution in [2.75, 3.05) is 0 Å². The lowest BCUT2D eigenvalue weighted by Gasteiger charge is -2.61. The lowest BCUT2D eigenvalue weighted by molar-refractivity contribution is -0.129. The normalized spacial score (nSPS) is 48.0. The zero-order valence-corrected chi connectivity index (χ0v) is 21.1. The summed E-state index contributed by atoms with van der Waals surface area (Å²) < 4.78 is 0. The first kappa shape index (κ1) is 23.1. The van der Waals surface area contributed by atoms with Gasteiger partial charge >= 0.3 is 0 Å². The first-order valence-electron chi connectivity index (χ1n) is 13.9. The first-order chi connectivity index (χ1) is 14.2. The second-order valence-corrected chi connectivity index (χ2v) is 13.3. The van der Waals surface area contributed by atoms with Gasteiger partial charge < -0.3 is 5.11 Å². The molecule has 8 unspecified atom stereocenters. The van der Waals surface area contributed by atoms with Crippen LogP contribution in [-0.4, -0.2) is 11.2 Å². The second-order valence-electron chi connectivity index (χ2n) is 13.3. The molecule has 0 bridgehead atoms. The van der Waals surface area contributed by atoms with Crippen molar-refractivity contribution in [3.05, 3.63) is 0 Å². The zero-order chi connectivity index (χ0) is 21.7. The number of hydrogen-bond donors (Lipinski definition) is 1. The summed E-state index contributed by atoms with van der Waals surface area (Å²) in [5.74, 6) is 7.34. The highest BCUT2D eigenvalue weighted by molar-refractivity contribution is 5.09. The van der Waals surface area contributed by atoms with Gasteiger partial charge in [0.15, 0.2) is 0 Å². The quantitative estimate of drug-likeness (QED) is 0.463. The van der Waals surface area contributed by atoms with Crippen molar-refractivity contribution in [2.24, 2.45) is 58.2 Å². The molecule has 4 saturated carbocycles. The van der Waals surface area contributed by atoms with Crippen LogP contribution in [0.1, 0.15) is 119 Å². The highest BCUT2D eigenvalue weighted by Crippen LogP contribution is 2.68. The molecule has 0 aromatic heterocycles. The minimum absolute atomic E-state index is 0.0111. The van der Waals surface area contributed by atoms with Gasteiger partial charge in [-0.05, 0) is 122 Å². The number of fused-ring (bicyclic) bond motifs is 5. The summed E-state index contributed by atoms with van der Waals surface area (Å²) in [6, 6.07) is 0. The number of aliphatic hydroxyl groups excluding tert-OH is 1. The fraction of sp³-hybridized carbons (Fsp3) is 1.00. The molecule has 4 fully saturated rings. The van der Waals surface area contributed by atoms with Gasteiger partial charge in [0.05, 0.1) is 6.10 Å². The Kier molecular flexibility index (Phi) is 6.72. The van der Waals surface area contributed by atoms with Crippen LogP contribution in [0, 0.1) is 58.2 Å². The van der Waals surface area contributed by atoms with E-state index in [1.54, 1.807) is 0 Å². The molecule has 0 aliphatic heterocycles. The van der Waals surface area contributed by atoms with Crippen LogP contribution in [0.5, 0.6) is 0 Å². The predicted molar refractivity (Wildman–Crippen MR) is 128 cm³/mol. The molecule has 4 aliphatic carbocycles. The van der Waals surface area contributed by atoms with E-state index >= 15 is 0 Å². The Labute approximate surface area is 188 Å². The smallest absolute Gasteiger partial charge is 0.0543 e. The summed E-state index contributed by atoms with van der Waals surface area (Å²) in [4.78, 5) is 0. The molecule has 174 valence electrons. The zero-order valence-electron chi connectivity index (χ0n) is 21.1. The molecular formula is C29H52O. The average molecular weight is 417 g/mol. The molecule has 1 N–H and O–H groups in total.